The Balaban J connectivity index is 2.72. The Morgan fingerprint density at radius 1 is 1.10 bits per heavy atom. The van der Waals surface area contributed by atoms with Crippen molar-refractivity contribution in [3.05, 3.63) is 30.3 Å². The number of carbonyl (C=O) groups excluding carboxylic acids is 1. The van der Waals surface area contributed by atoms with Crippen LogP contribution in [0.25, 0.3) is 0 Å². The monoisotopic (exact) mass is 316 g/mol. The first-order valence-corrected chi connectivity index (χ1v) is 8.35. The van der Waals surface area contributed by atoms with E-state index in [1.54, 1.807) is 45.0 Å². The number of rotatable bonds is 9. The SMILES string of the molecule is CCOP(=O)(OCC)OC(=O)C(CC)Oc1ccccc1. The van der Waals surface area contributed by atoms with E-state index in [4.69, 9.17) is 18.3 Å². The second-order valence-corrected chi connectivity index (χ2v) is 5.61. The third-order valence-electron chi connectivity index (χ3n) is 2.43. The molecule has 0 bridgehead atoms. The highest BCUT2D eigenvalue weighted by Gasteiger charge is 2.34. The highest BCUT2D eigenvalue weighted by atomic mass is 31.2. The van der Waals surface area contributed by atoms with Crippen molar-refractivity contribution < 1.29 is 27.7 Å². The molecule has 21 heavy (non-hydrogen) atoms. The molecule has 0 amide bonds. The van der Waals surface area contributed by atoms with Crippen LogP contribution in [0.1, 0.15) is 27.2 Å². The molecular formula is C14H21O6P. The highest BCUT2D eigenvalue weighted by Crippen LogP contribution is 2.49. The summed E-state index contributed by atoms with van der Waals surface area (Å²) in [5, 5.41) is 0. The summed E-state index contributed by atoms with van der Waals surface area (Å²) in [6.07, 6.45) is -0.506. The summed E-state index contributed by atoms with van der Waals surface area (Å²) in [5.41, 5.74) is 0. The molecule has 0 saturated carbocycles. The Morgan fingerprint density at radius 2 is 1.67 bits per heavy atom. The van der Waals surface area contributed by atoms with Gasteiger partial charge in [0.1, 0.15) is 5.75 Å². The van der Waals surface area contributed by atoms with Gasteiger partial charge in [-0.3, -0.25) is 9.05 Å². The summed E-state index contributed by atoms with van der Waals surface area (Å²) in [4.78, 5) is 12.1. The first-order valence-electron chi connectivity index (χ1n) is 6.88. The van der Waals surface area contributed by atoms with Gasteiger partial charge >= 0.3 is 13.8 Å². The fraction of sp³-hybridized carbons (Fsp3) is 0.500. The Morgan fingerprint density at radius 3 is 2.14 bits per heavy atom. The molecule has 1 aromatic carbocycles. The lowest BCUT2D eigenvalue weighted by molar-refractivity contribution is -0.144. The molecular weight excluding hydrogens is 295 g/mol. The van der Waals surface area contributed by atoms with Crippen molar-refractivity contribution in [1.29, 1.82) is 0 Å². The van der Waals surface area contributed by atoms with Crippen molar-refractivity contribution in [2.45, 2.75) is 33.3 Å². The number of phosphoric ester groups is 1. The van der Waals surface area contributed by atoms with Gasteiger partial charge in [0.15, 0.2) is 6.10 Å². The Bertz CT molecular complexity index is 466. The molecule has 0 aliphatic rings. The third kappa shape index (κ3) is 5.87. The highest BCUT2D eigenvalue weighted by molar-refractivity contribution is 7.49. The normalized spacial score (nSPS) is 12.7. The Labute approximate surface area is 125 Å². The van der Waals surface area contributed by atoms with Crippen LogP contribution >= 0.6 is 7.82 Å². The quantitative estimate of drug-likeness (QED) is 0.649. The minimum atomic E-state index is -3.88. The number of phosphoric acid groups is 1. The van der Waals surface area contributed by atoms with Gasteiger partial charge in [-0.25, -0.2) is 9.36 Å². The smallest absolute Gasteiger partial charge is 0.479 e. The number of para-hydroxylation sites is 1. The Kier molecular flexibility index (Phi) is 7.43. The second-order valence-electron chi connectivity index (χ2n) is 4.02. The molecule has 0 heterocycles. The number of benzene rings is 1. The van der Waals surface area contributed by atoms with Gasteiger partial charge in [0.2, 0.25) is 0 Å². The molecule has 7 heteroatoms. The topological polar surface area (TPSA) is 71.1 Å². The van der Waals surface area contributed by atoms with E-state index in [-0.39, 0.29) is 13.2 Å². The molecule has 0 aliphatic heterocycles. The van der Waals surface area contributed by atoms with Gasteiger partial charge in [0.05, 0.1) is 13.2 Å². The van der Waals surface area contributed by atoms with Crippen LogP contribution in [0.4, 0.5) is 0 Å². The molecule has 0 fully saturated rings. The molecule has 1 unspecified atom stereocenters. The summed E-state index contributed by atoms with van der Waals surface area (Å²) in [6.45, 7) is 5.26. The molecule has 0 saturated heterocycles. The van der Waals surface area contributed by atoms with Crippen molar-refractivity contribution in [2.75, 3.05) is 13.2 Å². The van der Waals surface area contributed by atoms with Crippen molar-refractivity contribution in [3.63, 3.8) is 0 Å². The number of carbonyl (C=O) groups is 1. The molecule has 0 spiro atoms. The third-order valence-corrected chi connectivity index (χ3v) is 3.98. The maximum absolute atomic E-state index is 12.2. The molecule has 118 valence electrons. The van der Waals surface area contributed by atoms with Gasteiger partial charge in [-0.05, 0) is 32.4 Å². The van der Waals surface area contributed by atoms with E-state index >= 15 is 0 Å². The molecule has 0 N–H and O–H groups in total. The number of ether oxygens (including phenoxy) is 1. The van der Waals surface area contributed by atoms with Crippen LogP contribution in [0, 0.1) is 0 Å². The molecule has 0 aromatic heterocycles. The second kappa shape index (κ2) is 8.82. The fourth-order valence-electron chi connectivity index (χ4n) is 1.54. The zero-order valence-electron chi connectivity index (χ0n) is 12.5. The summed E-state index contributed by atoms with van der Waals surface area (Å²) in [5.74, 6) is -0.240. The number of hydrogen-bond acceptors (Lipinski definition) is 6. The van der Waals surface area contributed by atoms with Crippen LogP contribution in [0.15, 0.2) is 30.3 Å². The number of hydrogen-bond donors (Lipinski definition) is 0. The Hall–Kier alpha value is -1.36. The average molecular weight is 316 g/mol. The lowest BCUT2D eigenvalue weighted by Gasteiger charge is -2.20. The standard InChI is InChI=1S/C14H21O6P/c1-4-13(19-12-10-8-7-9-11-12)14(15)20-21(16,17-5-2)18-6-3/h7-11,13H,4-6H2,1-3H3. The van der Waals surface area contributed by atoms with Crippen LogP contribution in [0.3, 0.4) is 0 Å². The van der Waals surface area contributed by atoms with E-state index in [9.17, 15) is 9.36 Å². The van der Waals surface area contributed by atoms with Gasteiger partial charge < -0.3 is 9.26 Å². The van der Waals surface area contributed by atoms with Crippen LogP contribution in [0.2, 0.25) is 0 Å². The van der Waals surface area contributed by atoms with E-state index in [2.05, 4.69) is 0 Å². The van der Waals surface area contributed by atoms with Gasteiger partial charge in [-0.2, -0.15) is 0 Å². The van der Waals surface area contributed by atoms with Gasteiger partial charge in [-0.1, -0.05) is 25.1 Å². The van der Waals surface area contributed by atoms with Crippen LogP contribution in [-0.2, 0) is 22.9 Å². The van der Waals surface area contributed by atoms with Gasteiger partial charge in [0, 0.05) is 0 Å². The molecule has 1 aromatic rings. The molecule has 1 atom stereocenters. The largest absolute Gasteiger partial charge is 0.532 e. The first-order chi connectivity index (χ1) is 10.0. The fourth-order valence-corrected chi connectivity index (χ4v) is 2.69. The minimum Gasteiger partial charge on any atom is -0.479 e. The average Bonchev–Trinajstić information content (AvgIpc) is 2.46. The van der Waals surface area contributed by atoms with Crippen molar-refractivity contribution in [3.8, 4) is 5.75 Å². The van der Waals surface area contributed by atoms with E-state index in [1.165, 1.54) is 0 Å². The predicted molar refractivity (Wildman–Crippen MR) is 78.1 cm³/mol. The van der Waals surface area contributed by atoms with Crippen LogP contribution < -0.4 is 4.74 Å². The van der Waals surface area contributed by atoms with E-state index in [0.717, 1.165) is 0 Å². The summed E-state index contributed by atoms with van der Waals surface area (Å²) in [7, 11) is -3.88. The van der Waals surface area contributed by atoms with Crippen molar-refractivity contribution in [1.82, 2.24) is 0 Å². The van der Waals surface area contributed by atoms with Crippen molar-refractivity contribution >= 4 is 13.8 Å². The van der Waals surface area contributed by atoms with Crippen LogP contribution in [0.5, 0.6) is 5.75 Å². The lowest BCUT2D eigenvalue weighted by atomic mass is 10.3. The maximum atomic E-state index is 12.2. The molecule has 6 nitrogen and oxygen atoms in total. The summed E-state index contributed by atoms with van der Waals surface area (Å²) < 4.78 is 32.4. The van der Waals surface area contributed by atoms with Gasteiger partial charge in [0.25, 0.3) is 0 Å². The zero-order chi connectivity index (χ0) is 15.7. The van der Waals surface area contributed by atoms with E-state index in [1.807, 2.05) is 6.07 Å². The zero-order valence-corrected chi connectivity index (χ0v) is 13.4. The summed E-state index contributed by atoms with van der Waals surface area (Å²) >= 11 is 0. The maximum Gasteiger partial charge on any atom is 0.532 e. The van der Waals surface area contributed by atoms with Gasteiger partial charge in [-0.15, -0.1) is 0 Å². The minimum absolute atomic E-state index is 0.112. The molecule has 0 radical (unpaired) electrons. The van der Waals surface area contributed by atoms with Crippen molar-refractivity contribution in [2.24, 2.45) is 0 Å². The van der Waals surface area contributed by atoms with E-state index in [0.29, 0.717) is 12.2 Å². The van der Waals surface area contributed by atoms with Crippen LogP contribution in [-0.4, -0.2) is 25.3 Å². The predicted octanol–water partition coefficient (Wildman–Crippen LogP) is 3.57. The lowest BCUT2D eigenvalue weighted by Crippen LogP contribution is -2.28. The molecule has 0 aliphatic carbocycles. The summed E-state index contributed by atoms with van der Waals surface area (Å²) in [6, 6.07) is 8.86. The van der Waals surface area contributed by atoms with E-state index < -0.39 is 19.9 Å². The first kappa shape index (κ1) is 17.7. The molecule has 1 rings (SSSR count).